The molecule has 236 valence electrons. The molecule has 0 amide bonds. The van der Waals surface area contributed by atoms with Gasteiger partial charge in [-0.25, -0.2) is 0 Å². The van der Waals surface area contributed by atoms with Gasteiger partial charge >= 0.3 is 5.97 Å². The third-order valence-electron chi connectivity index (χ3n) is 11.3. The minimum absolute atomic E-state index is 0.0516. The molecule has 2 aliphatic heterocycles. The first kappa shape index (κ1) is 28.3. The Labute approximate surface area is 270 Å². The fourth-order valence-electron chi connectivity index (χ4n) is 9.42. The number of para-hydroxylation sites is 1. The first-order chi connectivity index (χ1) is 22.7. The Morgan fingerprint density at radius 1 is 1.04 bits per heavy atom. The number of likely N-dealkylation sites (N-methyl/N-ethyl adjacent to an activating group) is 1. The van der Waals surface area contributed by atoms with Crippen LogP contribution in [0.1, 0.15) is 35.6 Å². The molecule has 5 atom stereocenters. The number of non-ortho nitro benzene ring substituents is 1. The van der Waals surface area contributed by atoms with E-state index in [1.807, 2.05) is 30.3 Å². The van der Waals surface area contributed by atoms with Gasteiger partial charge in [-0.1, -0.05) is 60.7 Å². The molecule has 1 spiro atoms. The van der Waals surface area contributed by atoms with Gasteiger partial charge in [0.25, 0.3) is 5.69 Å². The SMILES string of the molecule is CC(=O)Oc1ccc2c3c1O[C@@]1(c4ccc5c6ccccc6n(Cc6cccc([N+](=O)[O-])c6)c5c4)[C@@H](O)C=C[C@H]4[C@@H](C2)N(C)CC[C@@]341. The van der Waals surface area contributed by atoms with E-state index in [4.69, 9.17) is 9.47 Å². The number of nitro groups is 1. The minimum Gasteiger partial charge on any atom is -0.474 e. The largest absolute Gasteiger partial charge is 0.474 e. The van der Waals surface area contributed by atoms with E-state index >= 15 is 0 Å². The summed E-state index contributed by atoms with van der Waals surface area (Å²) in [6, 6.07) is 25.4. The van der Waals surface area contributed by atoms with E-state index in [-0.39, 0.29) is 22.6 Å². The van der Waals surface area contributed by atoms with Gasteiger partial charge in [0, 0.05) is 70.5 Å². The van der Waals surface area contributed by atoms with E-state index in [1.165, 1.54) is 13.0 Å². The number of rotatable bonds is 5. The summed E-state index contributed by atoms with van der Waals surface area (Å²) in [6.45, 7) is 2.65. The molecule has 1 N–H and O–H groups in total. The van der Waals surface area contributed by atoms with Crippen LogP contribution in [0.5, 0.6) is 11.5 Å². The van der Waals surface area contributed by atoms with E-state index in [0.717, 1.165) is 63.4 Å². The van der Waals surface area contributed by atoms with E-state index in [1.54, 1.807) is 12.1 Å². The number of nitrogens with zero attached hydrogens (tertiary/aromatic N) is 3. The number of piperidine rings is 1. The second-order valence-corrected chi connectivity index (χ2v) is 13.4. The molecule has 0 radical (unpaired) electrons. The molecule has 3 heterocycles. The van der Waals surface area contributed by atoms with Crippen LogP contribution in [0.2, 0.25) is 0 Å². The summed E-state index contributed by atoms with van der Waals surface area (Å²) < 4.78 is 15.1. The molecular formula is C38H33N3O6. The van der Waals surface area contributed by atoms with Gasteiger partial charge in [0.2, 0.25) is 0 Å². The Morgan fingerprint density at radius 3 is 2.70 bits per heavy atom. The van der Waals surface area contributed by atoms with Gasteiger partial charge in [-0.15, -0.1) is 0 Å². The summed E-state index contributed by atoms with van der Waals surface area (Å²) in [7, 11) is 2.17. The standard InChI is InChI=1S/C38H33N3O6/c1-22(42)46-33-14-10-24-19-32-29-13-15-34(43)38(37(29,16-17-39(32)2)35(24)36(33)47-38)25-11-12-28-27-8-3-4-9-30(27)40(31(28)20-25)21-23-6-5-7-26(18-23)41(44)45/h3-15,18,20,29,32,34,43H,16-17,19,21H2,1-2H3/t29-,32+,34-,37-,38-/m0/s1. The van der Waals surface area contributed by atoms with E-state index in [9.17, 15) is 20.0 Å². The lowest BCUT2D eigenvalue weighted by atomic mass is 9.47. The van der Waals surface area contributed by atoms with Crippen LogP contribution >= 0.6 is 0 Å². The summed E-state index contributed by atoms with van der Waals surface area (Å²) in [6.07, 6.45) is 4.69. The van der Waals surface area contributed by atoms with Crippen molar-refractivity contribution in [2.75, 3.05) is 13.6 Å². The van der Waals surface area contributed by atoms with Gasteiger partial charge in [-0.2, -0.15) is 0 Å². The lowest BCUT2D eigenvalue weighted by molar-refractivity contribution is -0.384. The predicted octanol–water partition coefficient (Wildman–Crippen LogP) is 6.01. The average molecular weight is 628 g/mol. The molecule has 2 aliphatic carbocycles. The molecule has 9 heteroatoms. The van der Waals surface area contributed by atoms with Crippen LogP contribution < -0.4 is 9.47 Å². The van der Waals surface area contributed by atoms with Crippen molar-refractivity contribution < 1.29 is 24.3 Å². The Kier molecular flexibility index (Phi) is 5.87. The van der Waals surface area contributed by atoms with Crippen molar-refractivity contribution in [3.8, 4) is 11.5 Å². The highest BCUT2D eigenvalue weighted by atomic mass is 16.6. The van der Waals surface area contributed by atoms with Gasteiger partial charge < -0.3 is 24.0 Å². The summed E-state index contributed by atoms with van der Waals surface area (Å²) in [5, 5.41) is 25.9. The Balaban J connectivity index is 1.30. The maximum atomic E-state index is 12.3. The van der Waals surface area contributed by atoms with Gasteiger partial charge in [0.1, 0.15) is 6.10 Å². The average Bonchev–Trinajstić information content (AvgIpc) is 3.55. The summed E-state index contributed by atoms with van der Waals surface area (Å²) in [5.74, 6) is 0.567. The maximum absolute atomic E-state index is 12.3. The first-order valence-electron chi connectivity index (χ1n) is 16.1. The highest BCUT2D eigenvalue weighted by molar-refractivity contribution is 6.08. The quantitative estimate of drug-likeness (QED) is 0.0837. The van der Waals surface area contributed by atoms with Crippen molar-refractivity contribution in [3.63, 3.8) is 0 Å². The van der Waals surface area contributed by atoms with Crippen LogP contribution in [-0.2, 0) is 28.8 Å². The summed E-state index contributed by atoms with van der Waals surface area (Å²) in [5.41, 5.74) is 4.10. The van der Waals surface area contributed by atoms with Gasteiger partial charge in [-0.05, 0) is 55.8 Å². The van der Waals surface area contributed by atoms with Crippen molar-refractivity contribution in [1.82, 2.24) is 9.47 Å². The number of aromatic nitrogens is 1. The number of hydrogen-bond acceptors (Lipinski definition) is 7. The van der Waals surface area contributed by atoms with Crippen LogP contribution in [0.15, 0.2) is 91.0 Å². The Bertz CT molecular complexity index is 2200. The third kappa shape index (κ3) is 3.64. The number of benzene rings is 4. The molecule has 1 saturated heterocycles. The molecular weight excluding hydrogens is 594 g/mol. The van der Waals surface area contributed by atoms with Crippen LogP contribution in [0, 0.1) is 16.0 Å². The fraction of sp³-hybridized carbons (Fsp3) is 0.289. The monoisotopic (exact) mass is 627 g/mol. The number of aliphatic hydroxyl groups is 1. The molecule has 47 heavy (non-hydrogen) atoms. The number of aliphatic hydroxyl groups excluding tert-OH is 1. The highest BCUT2D eigenvalue weighted by Gasteiger charge is 2.72. The van der Waals surface area contributed by atoms with Crippen LogP contribution in [-0.4, -0.2) is 51.2 Å². The Hall–Kier alpha value is -4.99. The van der Waals surface area contributed by atoms with Gasteiger partial charge in [-0.3, -0.25) is 14.9 Å². The van der Waals surface area contributed by atoms with Crippen molar-refractivity contribution >= 4 is 33.5 Å². The number of hydrogen-bond donors (Lipinski definition) is 1. The van der Waals surface area contributed by atoms with Crippen LogP contribution in [0.25, 0.3) is 21.8 Å². The van der Waals surface area contributed by atoms with Crippen molar-refractivity contribution in [1.29, 1.82) is 0 Å². The molecule has 9 rings (SSSR count). The molecule has 0 saturated carbocycles. The number of esters is 1. The van der Waals surface area contributed by atoms with E-state index < -0.39 is 23.1 Å². The summed E-state index contributed by atoms with van der Waals surface area (Å²) >= 11 is 0. The van der Waals surface area contributed by atoms with E-state index in [0.29, 0.717) is 18.0 Å². The van der Waals surface area contributed by atoms with Crippen molar-refractivity contribution in [2.45, 2.75) is 49.5 Å². The predicted molar refractivity (Wildman–Crippen MR) is 177 cm³/mol. The number of ether oxygens (including phenoxy) is 2. The second kappa shape index (κ2) is 9.76. The molecule has 5 aromatic rings. The number of likely N-dealkylation sites (tertiary alicyclic amines) is 1. The molecule has 2 bridgehead atoms. The molecule has 4 aliphatic rings. The topological polar surface area (TPSA) is 107 Å². The van der Waals surface area contributed by atoms with Gasteiger partial charge in [0.15, 0.2) is 17.1 Å². The minimum atomic E-state index is -1.18. The second-order valence-electron chi connectivity index (χ2n) is 13.4. The lowest BCUT2D eigenvalue weighted by Gasteiger charge is -2.61. The summed E-state index contributed by atoms with van der Waals surface area (Å²) in [4.78, 5) is 25.9. The van der Waals surface area contributed by atoms with Gasteiger partial charge in [0.05, 0.1) is 10.3 Å². The zero-order valence-electron chi connectivity index (χ0n) is 26.1. The number of carbonyl (C=O) groups is 1. The normalized spacial score (nSPS) is 27.1. The number of fused-ring (bicyclic) bond motifs is 3. The van der Waals surface area contributed by atoms with Crippen molar-refractivity contribution in [2.24, 2.45) is 5.92 Å². The number of carbonyl (C=O) groups excluding carboxylic acids is 1. The zero-order chi connectivity index (χ0) is 32.2. The van der Waals surface area contributed by atoms with E-state index in [2.05, 4.69) is 59.0 Å². The number of nitro benzene ring substituents is 1. The molecule has 1 fully saturated rings. The molecule has 1 aromatic heterocycles. The van der Waals surface area contributed by atoms with Crippen LogP contribution in [0.4, 0.5) is 5.69 Å². The Morgan fingerprint density at radius 2 is 1.87 bits per heavy atom. The maximum Gasteiger partial charge on any atom is 0.308 e. The zero-order valence-corrected chi connectivity index (χ0v) is 26.1. The molecule has 0 unspecified atom stereocenters. The highest BCUT2D eigenvalue weighted by Crippen LogP contribution is 2.69. The first-order valence-corrected chi connectivity index (χ1v) is 16.1. The lowest BCUT2D eigenvalue weighted by Crippen LogP contribution is -2.69. The fourth-order valence-corrected chi connectivity index (χ4v) is 9.42. The van der Waals surface area contributed by atoms with Crippen LogP contribution in [0.3, 0.4) is 0 Å². The molecule has 4 aromatic carbocycles. The smallest absolute Gasteiger partial charge is 0.308 e. The third-order valence-corrected chi connectivity index (χ3v) is 11.3. The molecule has 9 nitrogen and oxygen atoms in total. The van der Waals surface area contributed by atoms with Crippen molar-refractivity contribution in [3.05, 3.63) is 123 Å².